The Morgan fingerprint density at radius 1 is 1.03 bits per heavy atom. The molecule has 7 nitrogen and oxygen atoms in total. The number of aromatic nitrogens is 2. The van der Waals surface area contributed by atoms with Crippen LogP contribution in [-0.2, 0) is 15.0 Å². The van der Waals surface area contributed by atoms with Crippen LogP contribution in [0.2, 0.25) is 0 Å². The summed E-state index contributed by atoms with van der Waals surface area (Å²) in [6.45, 7) is 7.20. The van der Waals surface area contributed by atoms with E-state index in [1.807, 2.05) is 81.4 Å². The van der Waals surface area contributed by atoms with Gasteiger partial charge in [0.1, 0.15) is 0 Å². The van der Waals surface area contributed by atoms with Crippen LogP contribution in [0.25, 0.3) is 17.5 Å². The number of anilines is 1. The van der Waals surface area contributed by atoms with Crippen LogP contribution in [-0.4, -0.2) is 39.9 Å². The van der Waals surface area contributed by atoms with Gasteiger partial charge in [0.2, 0.25) is 23.5 Å². The van der Waals surface area contributed by atoms with Crippen LogP contribution in [0.3, 0.4) is 0 Å². The van der Waals surface area contributed by atoms with E-state index in [4.69, 9.17) is 4.52 Å². The Morgan fingerprint density at radius 3 is 2.32 bits per heavy atom. The van der Waals surface area contributed by atoms with Crippen molar-refractivity contribution in [1.29, 1.82) is 0 Å². The van der Waals surface area contributed by atoms with Gasteiger partial charge >= 0.3 is 0 Å². The van der Waals surface area contributed by atoms with Gasteiger partial charge in [0.05, 0.1) is 0 Å². The molecule has 4 rings (SSSR count). The molecule has 0 spiro atoms. The van der Waals surface area contributed by atoms with E-state index in [1.54, 1.807) is 11.0 Å². The number of carbonyl (C=O) groups is 2. The van der Waals surface area contributed by atoms with Gasteiger partial charge in [-0.2, -0.15) is 4.98 Å². The molecule has 0 saturated carbocycles. The third-order valence-electron chi connectivity index (χ3n) is 5.87. The lowest BCUT2D eigenvalue weighted by Crippen LogP contribution is -2.40. The number of rotatable bonds is 5. The third kappa shape index (κ3) is 5.78. The molecule has 1 saturated heterocycles. The molecule has 7 heteroatoms. The topological polar surface area (TPSA) is 88.3 Å². The van der Waals surface area contributed by atoms with Crippen LogP contribution in [0.15, 0.2) is 65.2 Å². The summed E-state index contributed by atoms with van der Waals surface area (Å²) in [5.74, 6) is 0.957. The van der Waals surface area contributed by atoms with Crippen molar-refractivity contribution >= 4 is 23.6 Å². The van der Waals surface area contributed by atoms with Gasteiger partial charge in [-0.25, -0.2) is 0 Å². The Hall–Kier alpha value is -3.74. The second-order valence-electron chi connectivity index (χ2n) is 9.58. The first-order valence-electron chi connectivity index (χ1n) is 11.6. The number of nitrogens with one attached hydrogen (secondary N) is 1. The third-order valence-corrected chi connectivity index (χ3v) is 5.87. The molecule has 0 unspecified atom stereocenters. The molecule has 0 bridgehead atoms. The number of nitrogens with zero attached hydrogens (tertiary/aromatic N) is 3. The summed E-state index contributed by atoms with van der Waals surface area (Å²) < 4.78 is 5.36. The van der Waals surface area contributed by atoms with Crippen LogP contribution in [0.1, 0.15) is 45.1 Å². The molecule has 1 fully saturated rings. The fraction of sp³-hybridized carbons (Fsp3) is 0.333. The summed E-state index contributed by atoms with van der Waals surface area (Å²) >= 11 is 0. The molecule has 0 radical (unpaired) electrons. The van der Waals surface area contributed by atoms with E-state index in [1.165, 1.54) is 0 Å². The molecule has 2 heterocycles. The van der Waals surface area contributed by atoms with E-state index in [0.29, 0.717) is 37.6 Å². The van der Waals surface area contributed by atoms with Crippen molar-refractivity contribution in [3.8, 4) is 11.4 Å². The number of hydrogen-bond donors (Lipinski definition) is 1. The molecule has 1 aliphatic rings. The molecule has 1 N–H and O–H groups in total. The van der Waals surface area contributed by atoms with Crippen LogP contribution in [0.5, 0.6) is 0 Å². The molecular weight excluding hydrogens is 428 g/mol. The van der Waals surface area contributed by atoms with Gasteiger partial charge in [-0.3, -0.25) is 9.59 Å². The average Bonchev–Trinajstić information content (AvgIpc) is 3.35. The highest BCUT2D eigenvalue weighted by Crippen LogP contribution is 2.25. The number of hydrogen-bond acceptors (Lipinski definition) is 5. The summed E-state index contributed by atoms with van der Waals surface area (Å²) in [5.41, 5.74) is 2.33. The molecule has 34 heavy (non-hydrogen) atoms. The van der Waals surface area contributed by atoms with Crippen LogP contribution >= 0.6 is 0 Å². The zero-order valence-corrected chi connectivity index (χ0v) is 19.8. The Balaban J connectivity index is 1.28. The largest absolute Gasteiger partial charge is 0.339 e. The standard InChI is InChI=1S/C27H30N4O3/c1-27(2,3)26-29-24(30-34-26)20-10-12-22(13-11-20)28-25(33)21-15-17-31(18-16-21)23(32)14-9-19-7-5-4-6-8-19/h4-14,21H,15-18H2,1-3H3,(H,28,33)/b14-9+. The van der Waals surface area contributed by atoms with Crippen LogP contribution < -0.4 is 5.32 Å². The van der Waals surface area contributed by atoms with E-state index in [9.17, 15) is 9.59 Å². The lowest BCUT2D eigenvalue weighted by atomic mass is 9.95. The monoisotopic (exact) mass is 458 g/mol. The van der Waals surface area contributed by atoms with Gasteiger partial charge in [0.25, 0.3) is 0 Å². The molecule has 1 aromatic heterocycles. The van der Waals surface area contributed by atoms with Crippen LogP contribution in [0, 0.1) is 5.92 Å². The first-order valence-corrected chi connectivity index (χ1v) is 11.6. The highest BCUT2D eigenvalue weighted by Gasteiger charge is 2.27. The van der Waals surface area contributed by atoms with E-state index >= 15 is 0 Å². The summed E-state index contributed by atoms with van der Waals surface area (Å²) in [5, 5.41) is 7.05. The van der Waals surface area contributed by atoms with Gasteiger partial charge in [-0.15, -0.1) is 0 Å². The molecule has 0 atom stereocenters. The molecule has 2 aromatic carbocycles. The number of amides is 2. The van der Waals surface area contributed by atoms with Gasteiger partial charge in [-0.05, 0) is 48.7 Å². The van der Waals surface area contributed by atoms with Gasteiger partial charge in [0.15, 0.2) is 0 Å². The number of piperidine rings is 1. The zero-order chi connectivity index (χ0) is 24.1. The number of benzene rings is 2. The number of carbonyl (C=O) groups excluding carboxylic acids is 2. The SMILES string of the molecule is CC(C)(C)c1nc(-c2ccc(NC(=O)C3CCN(C(=O)/C=C/c4ccccc4)CC3)cc2)no1. The Morgan fingerprint density at radius 2 is 1.71 bits per heavy atom. The Kier molecular flexibility index (Phi) is 6.91. The minimum atomic E-state index is -0.211. The molecular formula is C27H30N4O3. The predicted octanol–water partition coefficient (Wildman–Crippen LogP) is 4.92. The van der Waals surface area contributed by atoms with Gasteiger partial charge in [0, 0.05) is 41.7 Å². The molecule has 2 amide bonds. The fourth-order valence-electron chi connectivity index (χ4n) is 3.79. The lowest BCUT2D eigenvalue weighted by Gasteiger charge is -2.30. The molecule has 176 valence electrons. The maximum atomic E-state index is 12.8. The molecule has 3 aromatic rings. The first kappa shape index (κ1) is 23.4. The van der Waals surface area contributed by atoms with Crippen LogP contribution in [0.4, 0.5) is 5.69 Å². The van der Waals surface area contributed by atoms with E-state index in [-0.39, 0.29) is 23.1 Å². The van der Waals surface area contributed by atoms with Crippen molar-refractivity contribution in [2.75, 3.05) is 18.4 Å². The first-order chi connectivity index (χ1) is 16.3. The Labute approximate surface area is 199 Å². The van der Waals surface area contributed by atoms with E-state index < -0.39 is 0 Å². The fourth-order valence-corrected chi connectivity index (χ4v) is 3.79. The minimum absolute atomic E-state index is 0.0191. The van der Waals surface area contributed by atoms with Crippen molar-refractivity contribution in [3.05, 3.63) is 72.1 Å². The average molecular weight is 459 g/mol. The summed E-state index contributed by atoms with van der Waals surface area (Å²) in [6, 6.07) is 17.2. The lowest BCUT2D eigenvalue weighted by molar-refractivity contribution is -0.130. The smallest absolute Gasteiger partial charge is 0.246 e. The van der Waals surface area contributed by atoms with Crippen molar-refractivity contribution in [2.45, 2.75) is 39.0 Å². The van der Waals surface area contributed by atoms with Crippen molar-refractivity contribution < 1.29 is 14.1 Å². The molecule has 0 aliphatic carbocycles. The summed E-state index contributed by atoms with van der Waals surface area (Å²) in [6.07, 6.45) is 4.72. The normalized spacial score (nSPS) is 15.0. The molecule has 1 aliphatic heterocycles. The Bertz CT molecular complexity index is 1150. The second-order valence-corrected chi connectivity index (χ2v) is 9.58. The van der Waals surface area contributed by atoms with E-state index in [2.05, 4.69) is 15.5 Å². The maximum Gasteiger partial charge on any atom is 0.246 e. The summed E-state index contributed by atoms with van der Waals surface area (Å²) in [7, 11) is 0. The predicted molar refractivity (Wildman–Crippen MR) is 132 cm³/mol. The second kappa shape index (κ2) is 10.0. The van der Waals surface area contributed by atoms with E-state index in [0.717, 1.165) is 16.8 Å². The minimum Gasteiger partial charge on any atom is -0.339 e. The number of likely N-dealkylation sites (tertiary alicyclic amines) is 1. The summed E-state index contributed by atoms with van der Waals surface area (Å²) in [4.78, 5) is 31.5. The van der Waals surface area contributed by atoms with Crippen molar-refractivity contribution in [2.24, 2.45) is 5.92 Å². The zero-order valence-electron chi connectivity index (χ0n) is 19.8. The maximum absolute atomic E-state index is 12.8. The van der Waals surface area contributed by atoms with Gasteiger partial charge in [-0.1, -0.05) is 56.3 Å². The highest BCUT2D eigenvalue weighted by atomic mass is 16.5. The highest BCUT2D eigenvalue weighted by molar-refractivity contribution is 5.94. The van der Waals surface area contributed by atoms with Crippen molar-refractivity contribution in [1.82, 2.24) is 15.0 Å². The van der Waals surface area contributed by atoms with Gasteiger partial charge < -0.3 is 14.7 Å². The quantitative estimate of drug-likeness (QED) is 0.548. The van der Waals surface area contributed by atoms with Crippen molar-refractivity contribution in [3.63, 3.8) is 0 Å².